The van der Waals surface area contributed by atoms with E-state index in [1.165, 1.54) is 11.8 Å². The van der Waals surface area contributed by atoms with Crippen LogP contribution in [0.1, 0.15) is 17.4 Å². The number of nitrogens with one attached hydrogen (secondary N) is 2. The molecule has 0 radical (unpaired) electrons. The van der Waals surface area contributed by atoms with E-state index in [1.807, 2.05) is 0 Å². The first-order chi connectivity index (χ1) is 14.5. The van der Waals surface area contributed by atoms with Crippen LogP contribution in [0.4, 0.5) is 11.4 Å². The van der Waals surface area contributed by atoms with Gasteiger partial charge in [0.2, 0.25) is 5.91 Å². The Balaban J connectivity index is 1.47. The van der Waals surface area contributed by atoms with E-state index in [9.17, 15) is 9.59 Å². The molecule has 1 saturated heterocycles. The van der Waals surface area contributed by atoms with Crippen molar-refractivity contribution in [1.82, 2.24) is 14.8 Å². The highest BCUT2D eigenvalue weighted by molar-refractivity contribution is 8.23. The second-order valence-corrected chi connectivity index (χ2v) is 8.38. The van der Waals surface area contributed by atoms with Gasteiger partial charge in [-0.25, -0.2) is 0 Å². The van der Waals surface area contributed by atoms with Crippen LogP contribution in [-0.4, -0.2) is 69.4 Å². The summed E-state index contributed by atoms with van der Waals surface area (Å²) >= 11 is 6.86. The van der Waals surface area contributed by atoms with Crippen LogP contribution in [0.25, 0.3) is 0 Å². The molecule has 9 heteroatoms. The molecule has 1 aliphatic rings. The van der Waals surface area contributed by atoms with Gasteiger partial charge in [0.25, 0.3) is 5.91 Å². The third kappa shape index (κ3) is 6.51. The smallest absolute Gasteiger partial charge is 0.274 e. The number of carbonyl (C=O) groups is 2. The molecule has 158 valence electrons. The van der Waals surface area contributed by atoms with Crippen LogP contribution >= 0.6 is 24.0 Å². The van der Waals surface area contributed by atoms with E-state index in [1.54, 1.807) is 48.7 Å². The van der Waals surface area contributed by atoms with Gasteiger partial charge in [0.15, 0.2) is 0 Å². The maximum absolute atomic E-state index is 12.3. The Kier molecular flexibility index (Phi) is 8.18. The number of thioether (sulfide) groups is 1. The van der Waals surface area contributed by atoms with Crippen molar-refractivity contribution < 1.29 is 9.59 Å². The number of rotatable bonds is 6. The van der Waals surface area contributed by atoms with Gasteiger partial charge in [-0.15, -0.1) is 0 Å². The lowest BCUT2D eigenvalue weighted by Crippen LogP contribution is -2.47. The summed E-state index contributed by atoms with van der Waals surface area (Å²) in [6.07, 6.45) is 1.57. The number of likely N-dealkylation sites (N-methyl/N-ethyl adjacent to an activating group) is 1. The lowest BCUT2D eigenvalue weighted by molar-refractivity contribution is -0.113. The van der Waals surface area contributed by atoms with Gasteiger partial charge >= 0.3 is 0 Å². The van der Waals surface area contributed by atoms with Crippen molar-refractivity contribution in [1.29, 1.82) is 0 Å². The Morgan fingerprint density at radius 2 is 1.80 bits per heavy atom. The zero-order valence-corrected chi connectivity index (χ0v) is 18.5. The summed E-state index contributed by atoms with van der Waals surface area (Å²) in [5.41, 5.74) is 1.53. The summed E-state index contributed by atoms with van der Waals surface area (Å²) in [4.78, 5) is 33.1. The van der Waals surface area contributed by atoms with Gasteiger partial charge in [-0.05, 0) is 36.9 Å². The molecule has 1 fully saturated rings. The Morgan fingerprint density at radius 1 is 1.07 bits per heavy atom. The molecule has 30 heavy (non-hydrogen) atoms. The maximum atomic E-state index is 12.3. The van der Waals surface area contributed by atoms with E-state index in [4.69, 9.17) is 12.2 Å². The summed E-state index contributed by atoms with van der Waals surface area (Å²) in [6, 6.07) is 12.2. The zero-order chi connectivity index (χ0) is 21.3. The molecule has 2 heterocycles. The molecule has 7 nitrogen and oxygen atoms in total. The number of hydrogen-bond donors (Lipinski definition) is 2. The highest BCUT2D eigenvalue weighted by Gasteiger charge is 2.18. The van der Waals surface area contributed by atoms with Crippen LogP contribution in [-0.2, 0) is 4.79 Å². The molecule has 0 spiro atoms. The van der Waals surface area contributed by atoms with Gasteiger partial charge in [0, 0.05) is 43.8 Å². The van der Waals surface area contributed by atoms with Crippen LogP contribution in [0, 0.1) is 0 Å². The average molecular weight is 444 g/mol. The van der Waals surface area contributed by atoms with Crippen LogP contribution < -0.4 is 10.6 Å². The number of hydrogen-bond acceptors (Lipinski definition) is 6. The van der Waals surface area contributed by atoms with Crippen molar-refractivity contribution in [3.8, 4) is 0 Å². The number of thiocarbonyl (C=S) groups is 1. The molecule has 2 amide bonds. The van der Waals surface area contributed by atoms with E-state index < -0.39 is 0 Å². The molecule has 1 aliphatic heterocycles. The molecule has 0 atom stereocenters. The summed E-state index contributed by atoms with van der Waals surface area (Å²) in [7, 11) is 0. The highest BCUT2D eigenvalue weighted by Crippen LogP contribution is 2.17. The van der Waals surface area contributed by atoms with Crippen molar-refractivity contribution in [3.63, 3.8) is 0 Å². The number of nitrogens with zero attached hydrogens (tertiary/aromatic N) is 3. The lowest BCUT2D eigenvalue weighted by Gasteiger charge is -2.35. The van der Waals surface area contributed by atoms with E-state index in [0.717, 1.165) is 37.0 Å². The molecule has 0 unspecified atom stereocenters. The maximum Gasteiger partial charge on any atom is 0.274 e. The zero-order valence-electron chi connectivity index (χ0n) is 16.8. The fourth-order valence-corrected chi connectivity index (χ4v) is 4.08. The molecule has 3 rings (SSSR count). The Bertz CT molecular complexity index is 886. The summed E-state index contributed by atoms with van der Waals surface area (Å²) in [6.45, 7) is 7.02. The summed E-state index contributed by atoms with van der Waals surface area (Å²) < 4.78 is 0.761. The monoisotopic (exact) mass is 443 g/mol. The Labute approximate surface area is 186 Å². The standard InChI is InChI=1S/C21H25N5O2S2/c1-2-25-10-12-26(13-11-25)21(29)30-15-19(27)23-16-6-5-7-17(14-16)24-20(28)18-8-3-4-9-22-18/h3-9,14H,2,10-13,15H2,1H3,(H,23,27)(H,24,28). The van der Waals surface area contributed by atoms with E-state index in [-0.39, 0.29) is 17.6 Å². The third-order valence-corrected chi connectivity index (χ3v) is 6.23. The van der Waals surface area contributed by atoms with E-state index in [0.29, 0.717) is 17.1 Å². The second kappa shape index (κ2) is 11.1. The molecule has 0 aliphatic carbocycles. The van der Waals surface area contributed by atoms with Crippen LogP contribution in [0.15, 0.2) is 48.7 Å². The Hall–Kier alpha value is -2.49. The van der Waals surface area contributed by atoms with E-state index >= 15 is 0 Å². The number of amides is 2. The minimum absolute atomic E-state index is 0.136. The van der Waals surface area contributed by atoms with Gasteiger partial charge in [0.05, 0.1) is 5.75 Å². The molecule has 2 N–H and O–H groups in total. The van der Waals surface area contributed by atoms with Crippen LogP contribution in [0.2, 0.25) is 0 Å². The number of carbonyl (C=O) groups excluding carboxylic acids is 2. The second-order valence-electron chi connectivity index (χ2n) is 6.77. The molecule has 2 aromatic rings. The lowest BCUT2D eigenvalue weighted by atomic mass is 10.2. The number of anilines is 2. The first kappa shape index (κ1) is 22.2. The third-order valence-electron chi connectivity index (χ3n) is 4.71. The topological polar surface area (TPSA) is 77.6 Å². The van der Waals surface area contributed by atoms with E-state index in [2.05, 4.69) is 32.3 Å². The van der Waals surface area contributed by atoms with Crippen molar-refractivity contribution in [2.24, 2.45) is 0 Å². The molecule has 0 saturated carbocycles. The Morgan fingerprint density at radius 3 is 2.47 bits per heavy atom. The van der Waals surface area contributed by atoms with Gasteiger partial charge < -0.3 is 20.4 Å². The molecular weight excluding hydrogens is 418 g/mol. The van der Waals surface area contributed by atoms with Crippen molar-refractivity contribution in [2.75, 3.05) is 49.1 Å². The van der Waals surface area contributed by atoms with Crippen LogP contribution in [0.3, 0.4) is 0 Å². The van der Waals surface area contributed by atoms with Gasteiger partial charge in [-0.1, -0.05) is 43.0 Å². The number of aromatic nitrogens is 1. The molecule has 1 aromatic heterocycles. The van der Waals surface area contributed by atoms with Gasteiger partial charge in [0.1, 0.15) is 10.0 Å². The first-order valence-electron chi connectivity index (χ1n) is 9.81. The predicted molar refractivity (Wildman–Crippen MR) is 126 cm³/mol. The normalized spacial score (nSPS) is 14.2. The average Bonchev–Trinajstić information content (AvgIpc) is 2.78. The quantitative estimate of drug-likeness (QED) is 0.665. The minimum Gasteiger partial charge on any atom is -0.355 e. The van der Waals surface area contributed by atoms with Crippen LogP contribution in [0.5, 0.6) is 0 Å². The number of piperazine rings is 1. The minimum atomic E-state index is -0.303. The fraction of sp³-hybridized carbons (Fsp3) is 0.333. The number of benzene rings is 1. The largest absolute Gasteiger partial charge is 0.355 e. The van der Waals surface area contributed by atoms with Crippen molar-refractivity contribution in [2.45, 2.75) is 6.92 Å². The van der Waals surface area contributed by atoms with Crippen molar-refractivity contribution >= 4 is 51.5 Å². The SMILES string of the molecule is CCN1CCN(C(=S)SCC(=O)Nc2cccc(NC(=O)c3ccccn3)c2)CC1. The first-order valence-corrected chi connectivity index (χ1v) is 11.2. The summed E-state index contributed by atoms with van der Waals surface area (Å²) in [5.74, 6) is -0.192. The molecule has 0 bridgehead atoms. The number of pyridine rings is 1. The van der Waals surface area contributed by atoms with Crippen molar-refractivity contribution in [3.05, 3.63) is 54.4 Å². The highest BCUT2D eigenvalue weighted by atomic mass is 32.2. The van der Waals surface area contributed by atoms with Gasteiger partial charge in [-0.2, -0.15) is 0 Å². The predicted octanol–water partition coefficient (Wildman–Crippen LogP) is 2.93. The molecular formula is C21H25N5O2S2. The van der Waals surface area contributed by atoms with Gasteiger partial charge in [-0.3, -0.25) is 14.6 Å². The summed E-state index contributed by atoms with van der Waals surface area (Å²) in [5, 5.41) is 5.64. The fourth-order valence-electron chi connectivity index (χ4n) is 3.03. The molecule has 1 aromatic carbocycles.